The third-order valence-corrected chi connectivity index (χ3v) is 3.94. The van der Waals surface area contributed by atoms with Crippen LogP contribution in [0.3, 0.4) is 0 Å². The van der Waals surface area contributed by atoms with Crippen molar-refractivity contribution in [2.24, 2.45) is 0 Å². The van der Waals surface area contributed by atoms with E-state index in [1.165, 1.54) is 82.6 Å². The highest BCUT2D eigenvalue weighted by atomic mass is 14.0. The Bertz CT molecular complexity index is 232. The number of hydrogen-bond acceptors (Lipinski definition) is 0. The van der Waals surface area contributed by atoms with Crippen LogP contribution in [-0.2, 0) is 0 Å². The lowest BCUT2D eigenvalue weighted by molar-refractivity contribution is 0.504. The van der Waals surface area contributed by atoms with Crippen LogP contribution < -0.4 is 0 Å². The second-order valence-electron chi connectivity index (χ2n) is 5.90. The van der Waals surface area contributed by atoms with Crippen LogP contribution in [0.4, 0.5) is 0 Å². The van der Waals surface area contributed by atoms with Crippen LogP contribution in [0.25, 0.3) is 0 Å². The van der Waals surface area contributed by atoms with E-state index in [4.69, 9.17) is 0 Å². The molecule has 0 spiro atoms. The lowest BCUT2D eigenvalue weighted by Gasteiger charge is -2.05. The molecule has 19 heavy (non-hydrogen) atoms. The van der Waals surface area contributed by atoms with Gasteiger partial charge in [-0.15, -0.1) is 0 Å². The molecule has 0 atom stereocenters. The average molecular weight is 260 g/mol. The maximum atomic E-state index is 2.08. The van der Waals surface area contributed by atoms with Gasteiger partial charge in [0, 0.05) is 0 Å². The molecule has 3 rings (SSSR count). The summed E-state index contributed by atoms with van der Waals surface area (Å²) in [6.45, 7) is 2.08. The summed E-state index contributed by atoms with van der Waals surface area (Å²) < 4.78 is 0. The first-order valence-corrected chi connectivity index (χ1v) is 8.41. The van der Waals surface area contributed by atoms with Crippen molar-refractivity contribution >= 4 is 0 Å². The van der Waals surface area contributed by atoms with Crippen LogP contribution >= 0.6 is 0 Å². The molecule has 2 fully saturated rings. The fraction of sp³-hybridized carbons (Fsp3) is 0.684. The van der Waals surface area contributed by atoms with E-state index in [9.17, 15) is 0 Å². The predicted octanol–water partition coefficient (Wildman–Crippen LogP) is 6.68. The van der Waals surface area contributed by atoms with Crippen molar-refractivity contribution in [3.05, 3.63) is 35.9 Å². The molecule has 108 valence electrons. The largest absolute Gasteiger partial charge is 0.0622 e. The lowest BCUT2D eigenvalue weighted by Crippen LogP contribution is -1.85. The van der Waals surface area contributed by atoms with Gasteiger partial charge < -0.3 is 0 Å². The van der Waals surface area contributed by atoms with E-state index in [2.05, 4.69) is 19.1 Å². The predicted molar refractivity (Wildman–Crippen MR) is 86.6 cm³/mol. The maximum absolute atomic E-state index is 2.08. The van der Waals surface area contributed by atoms with Gasteiger partial charge in [-0.05, 0) is 6.92 Å². The van der Waals surface area contributed by atoms with E-state index < -0.39 is 0 Å². The summed E-state index contributed by atoms with van der Waals surface area (Å²) in [4.78, 5) is 0. The van der Waals surface area contributed by atoms with E-state index in [0.29, 0.717) is 0 Å². The molecule has 1 aromatic rings. The number of aryl methyl sites for hydroxylation is 1. The molecule has 0 aromatic heterocycles. The van der Waals surface area contributed by atoms with Gasteiger partial charge in [-0.25, -0.2) is 0 Å². The van der Waals surface area contributed by atoms with Gasteiger partial charge in [0.05, 0.1) is 0 Å². The van der Waals surface area contributed by atoms with E-state index in [1.807, 2.05) is 18.2 Å². The minimum Gasteiger partial charge on any atom is -0.0622 e. The molecule has 0 heterocycles. The summed E-state index contributed by atoms with van der Waals surface area (Å²) in [7, 11) is 0. The van der Waals surface area contributed by atoms with Gasteiger partial charge in [-0.3, -0.25) is 0 Å². The van der Waals surface area contributed by atoms with Crippen molar-refractivity contribution in [1.29, 1.82) is 0 Å². The van der Waals surface area contributed by atoms with Crippen LogP contribution in [0, 0.1) is 6.92 Å². The highest BCUT2D eigenvalue weighted by Gasteiger charge is 1.96. The molecule has 2 aliphatic rings. The second-order valence-corrected chi connectivity index (χ2v) is 5.90. The Labute approximate surface area is 120 Å². The van der Waals surface area contributed by atoms with E-state index in [1.54, 1.807) is 0 Å². The van der Waals surface area contributed by atoms with Gasteiger partial charge in [-0.1, -0.05) is 113 Å². The zero-order valence-electron chi connectivity index (χ0n) is 12.9. The Balaban J connectivity index is 0.000000143. The minimum atomic E-state index is 1.32. The monoisotopic (exact) mass is 260 g/mol. The number of rotatable bonds is 0. The molecule has 0 heteroatoms. The molecular formula is C19H32. The van der Waals surface area contributed by atoms with Gasteiger partial charge in [0.1, 0.15) is 0 Å². The van der Waals surface area contributed by atoms with Crippen LogP contribution in [0.2, 0.25) is 0 Å². The van der Waals surface area contributed by atoms with Crippen molar-refractivity contribution in [1.82, 2.24) is 0 Å². The Morgan fingerprint density at radius 1 is 0.474 bits per heavy atom. The highest BCUT2D eigenvalue weighted by Crippen LogP contribution is 2.15. The summed E-state index contributed by atoms with van der Waals surface area (Å²) in [6.07, 6.45) is 18.0. The molecule has 0 saturated heterocycles. The van der Waals surface area contributed by atoms with Crippen LogP contribution in [0.15, 0.2) is 30.3 Å². The summed E-state index contributed by atoms with van der Waals surface area (Å²) >= 11 is 0. The molecule has 0 bridgehead atoms. The van der Waals surface area contributed by atoms with Crippen LogP contribution in [-0.4, -0.2) is 0 Å². The van der Waals surface area contributed by atoms with Crippen molar-refractivity contribution in [3.8, 4) is 0 Å². The van der Waals surface area contributed by atoms with Gasteiger partial charge >= 0.3 is 0 Å². The van der Waals surface area contributed by atoms with Crippen molar-refractivity contribution in [3.63, 3.8) is 0 Å². The molecule has 0 nitrogen and oxygen atoms in total. The molecule has 2 saturated carbocycles. The van der Waals surface area contributed by atoms with E-state index in [0.717, 1.165) is 0 Å². The molecule has 0 radical (unpaired) electrons. The first-order chi connectivity index (χ1) is 9.39. The summed E-state index contributed by atoms with van der Waals surface area (Å²) in [5.74, 6) is 0. The molecule has 0 amide bonds. The highest BCUT2D eigenvalue weighted by molar-refractivity contribution is 5.11. The first kappa shape index (κ1) is 16.3. The van der Waals surface area contributed by atoms with Gasteiger partial charge in [-0.2, -0.15) is 0 Å². The maximum Gasteiger partial charge on any atom is -0.0398 e. The van der Waals surface area contributed by atoms with Crippen molar-refractivity contribution in [2.45, 2.75) is 84.0 Å². The zero-order chi connectivity index (χ0) is 13.6. The third-order valence-electron chi connectivity index (χ3n) is 3.94. The van der Waals surface area contributed by atoms with Gasteiger partial charge in [0.15, 0.2) is 0 Å². The van der Waals surface area contributed by atoms with Crippen LogP contribution in [0.5, 0.6) is 0 Å². The SMILES string of the molecule is C1CCCCC1.C1CCCCC1.Cc1ccccc1. The lowest BCUT2D eigenvalue weighted by atomic mass is 10.0. The third kappa shape index (κ3) is 10.8. The number of benzene rings is 1. The molecule has 0 aliphatic heterocycles. The topological polar surface area (TPSA) is 0 Å². The van der Waals surface area contributed by atoms with Crippen molar-refractivity contribution < 1.29 is 0 Å². The van der Waals surface area contributed by atoms with Crippen molar-refractivity contribution in [2.75, 3.05) is 0 Å². The molecule has 0 unspecified atom stereocenters. The van der Waals surface area contributed by atoms with Gasteiger partial charge in [0.25, 0.3) is 0 Å². The molecule has 2 aliphatic carbocycles. The van der Waals surface area contributed by atoms with Gasteiger partial charge in [0.2, 0.25) is 0 Å². The fourth-order valence-electron chi connectivity index (χ4n) is 2.66. The Morgan fingerprint density at radius 3 is 0.895 bits per heavy atom. The molecule has 1 aromatic carbocycles. The standard InChI is InChI=1S/C7H8.2C6H12/c1-7-5-3-2-4-6-7;2*1-2-4-6-5-3-1/h2-6H,1H3;2*1-6H2. The average Bonchev–Trinajstić information content (AvgIpc) is 2.53. The Hall–Kier alpha value is -0.780. The first-order valence-electron chi connectivity index (χ1n) is 8.41. The molecular weight excluding hydrogens is 228 g/mol. The zero-order valence-corrected chi connectivity index (χ0v) is 12.9. The normalized spacial score (nSPS) is 18.4. The molecule has 0 N–H and O–H groups in total. The number of hydrogen-bond donors (Lipinski definition) is 0. The second kappa shape index (κ2) is 12.3. The fourth-order valence-corrected chi connectivity index (χ4v) is 2.66. The quantitative estimate of drug-likeness (QED) is 0.488. The minimum absolute atomic E-state index is 1.32. The summed E-state index contributed by atoms with van der Waals surface area (Å²) in [6, 6.07) is 10.3. The summed E-state index contributed by atoms with van der Waals surface area (Å²) in [5.41, 5.74) is 1.32. The Morgan fingerprint density at radius 2 is 0.737 bits per heavy atom. The Kier molecular flexibility index (Phi) is 10.5. The van der Waals surface area contributed by atoms with E-state index >= 15 is 0 Å². The smallest absolute Gasteiger partial charge is 0.0398 e. The van der Waals surface area contributed by atoms with E-state index in [-0.39, 0.29) is 0 Å². The van der Waals surface area contributed by atoms with Crippen LogP contribution in [0.1, 0.15) is 82.6 Å². The summed E-state index contributed by atoms with van der Waals surface area (Å²) in [5, 5.41) is 0.